The Morgan fingerprint density at radius 1 is 1.05 bits per heavy atom. The summed E-state index contributed by atoms with van der Waals surface area (Å²) in [7, 11) is 0. The normalized spacial score (nSPS) is 15.3. The third kappa shape index (κ3) is 2.54. The number of anilines is 1. The van der Waals surface area contributed by atoms with Crippen molar-refractivity contribution < 1.29 is 22.7 Å². The summed E-state index contributed by atoms with van der Waals surface area (Å²) in [4.78, 5) is 0. The molecule has 0 atom stereocenters. The maximum Gasteiger partial charge on any atom is 0.586 e. The fourth-order valence-corrected chi connectivity index (χ4v) is 1.96. The predicted octanol–water partition coefficient (Wildman–Crippen LogP) is 3.78. The van der Waals surface area contributed by atoms with Crippen molar-refractivity contribution in [2.45, 2.75) is 26.2 Å². The summed E-state index contributed by atoms with van der Waals surface area (Å²) in [5.74, 6) is 1.75. The molecule has 0 aliphatic carbocycles. The highest BCUT2D eigenvalue weighted by molar-refractivity contribution is 5.56. The Balaban J connectivity index is 1.67. The van der Waals surface area contributed by atoms with Crippen LogP contribution < -0.4 is 14.8 Å². The second-order valence-electron chi connectivity index (χ2n) is 4.40. The molecule has 2 heterocycles. The SMILES string of the molecule is CCc1ccc(CNc2ccc3c(c2)OC(F)(F)O3)o1. The maximum atomic E-state index is 12.9. The van der Waals surface area contributed by atoms with Crippen molar-refractivity contribution in [2.24, 2.45) is 0 Å². The molecule has 1 N–H and O–H groups in total. The van der Waals surface area contributed by atoms with Crippen LogP contribution in [0.1, 0.15) is 18.4 Å². The zero-order valence-corrected chi connectivity index (χ0v) is 10.8. The fourth-order valence-electron chi connectivity index (χ4n) is 1.96. The molecule has 1 aliphatic heterocycles. The average Bonchev–Trinajstić information content (AvgIpc) is 2.97. The predicted molar refractivity (Wildman–Crippen MR) is 68.1 cm³/mol. The zero-order valence-electron chi connectivity index (χ0n) is 10.8. The summed E-state index contributed by atoms with van der Waals surface area (Å²) in [6.45, 7) is 2.48. The van der Waals surface area contributed by atoms with Crippen molar-refractivity contribution in [1.82, 2.24) is 0 Å². The minimum Gasteiger partial charge on any atom is -0.464 e. The van der Waals surface area contributed by atoms with E-state index in [1.54, 1.807) is 6.07 Å². The van der Waals surface area contributed by atoms with Gasteiger partial charge in [-0.25, -0.2) is 0 Å². The Hall–Kier alpha value is -2.24. The van der Waals surface area contributed by atoms with Gasteiger partial charge in [-0.1, -0.05) is 6.92 Å². The highest BCUT2D eigenvalue weighted by Gasteiger charge is 2.43. The molecule has 4 nitrogen and oxygen atoms in total. The molecule has 1 aliphatic rings. The largest absolute Gasteiger partial charge is 0.586 e. The summed E-state index contributed by atoms with van der Waals surface area (Å²) in [6, 6.07) is 8.36. The van der Waals surface area contributed by atoms with E-state index in [0.29, 0.717) is 12.2 Å². The number of furan rings is 1. The van der Waals surface area contributed by atoms with Crippen molar-refractivity contribution in [1.29, 1.82) is 0 Å². The Kier molecular flexibility index (Phi) is 3.00. The molecule has 20 heavy (non-hydrogen) atoms. The first-order chi connectivity index (χ1) is 9.55. The van der Waals surface area contributed by atoms with E-state index in [9.17, 15) is 8.78 Å². The van der Waals surface area contributed by atoms with Gasteiger partial charge in [0.15, 0.2) is 11.5 Å². The molecule has 0 spiro atoms. The highest BCUT2D eigenvalue weighted by Crippen LogP contribution is 2.42. The minimum absolute atomic E-state index is 0.0219. The first-order valence-corrected chi connectivity index (χ1v) is 6.27. The van der Waals surface area contributed by atoms with Gasteiger partial charge in [-0.15, -0.1) is 8.78 Å². The monoisotopic (exact) mass is 281 g/mol. The molecule has 0 fully saturated rings. The average molecular weight is 281 g/mol. The van der Waals surface area contributed by atoms with Gasteiger partial charge in [-0.2, -0.15) is 0 Å². The number of fused-ring (bicyclic) bond motifs is 1. The minimum atomic E-state index is -3.59. The quantitative estimate of drug-likeness (QED) is 0.926. The Labute approximate surface area is 114 Å². The van der Waals surface area contributed by atoms with E-state index >= 15 is 0 Å². The van der Waals surface area contributed by atoms with Gasteiger partial charge in [0.1, 0.15) is 11.5 Å². The van der Waals surface area contributed by atoms with Crippen LogP contribution in [0.15, 0.2) is 34.7 Å². The Bertz CT molecular complexity index is 625. The van der Waals surface area contributed by atoms with Crippen LogP contribution in [0.5, 0.6) is 11.5 Å². The molecular formula is C14H13F2NO3. The Morgan fingerprint density at radius 2 is 1.80 bits per heavy atom. The van der Waals surface area contributed by atoms with Crippen molar-refractivity contribution in [3.8, 4) is 11.5 Å². The number of benzene rings is 1. The molecule has 6 heteroatoms. The molecule has 0 saturated heterocycles. The molecule has 0 bridgehead atoms. The van der Waals surface area contributed by atoms with Crippen molar-refractivity contribution in [3.05, 3.63) is 41.9 Å². The van der Waals surface area contributed by atoms with E-state index in [4.69, 9.17) is 4.42 Å². The van der Waals surface area contributed by atoms with Crippen molar-refractivity contribution in [3.63, 3.8) is 0 Å². The topological polar surface area (TPSA) is 43.6 Å². The van der Waals surface area contributed by atoms with Gasteiger partial charge in [0.2, 0.25) is 0 Å². The van der Waals surface area contributed by atoms with Crippen molar-refractivity contribution >= 4 is 5.69 Å². The maximum absolute atomic E-state index is 12.9. The molecule has 0 saturated carbocycles. The number of nitrogens with one attached hydrogen (secondary N) is 1. The number of alkyl halides is 2. The number of rotatable bonds is 4. The standard InChI is InChI=1S/C14H13F2NO3/c1-2-10-4-5-11(18-10)8-17-9-3-6-12-13(7-9)20-14(15,16)19-12/h3-7,17H,2,8H2,1H3. The number of ether oxygens (including phenoxy) is 2. The molecule has 2 aromatic rings. The van der Waals surface area contributed by atoms with Gasteiger partial charge in [-0.3, -0.25) is 0 Å². The second kappa shape index (κ2) is 4.70. The van der Waals surface area contributed by atoms with Crippen LogP contribution in [-0.4, -0.2) is 6.29 Å². The zero-order chi connectivity index (χ0) is 14.2. The molecule has 0 unspecified atom stereocenters. The first kappa shape index (κ1) is 12.8. The lowest BCUT2D eigenvalue weighted by Crippen LogP contribution is -2.25. The van der Waals surface area contributed by atoms with Gasteiger partial charge >= 0.3 is 6.29 Å². The smallest absolute Gasteiger partial charge is 0.464 e. The summed E-state index contributed by atoms with van der Waals surface area (Å²) < 4.78 is 40.0. The molecule has 0 radical (unpaired) electrons. The van der Waals surface area contributed by atoms with E-state index < -0.39 is 6.29 Å². The van der Waals surface area contributed by atoms with E-state index in [1.165, 1.54) is 12.1 Å². The third-order valence-corrected chi connectivity index (χ3v) is 2.93. The number of hydrogen-bond donors (Lipinski definition) is 1. The van der Waals surface area contributed by atoms with Crippen molar-refractivity contribution in [2.75, 3.05) is 5.32 Å². The molecule has 0 amide bonds. The van der Waals surface area contributed by atoms with Gasteiger partial charge in [0, 0.05) is 18.2 Å². The third-order valence-electron chi connectivity index (χ3n) is 2.93. The van der Waals surface area contributed by atoms with Gasteiger partial charge in [-0.05, 0) is 24.3 Å². The van der Waals surface area contributed by atoms with Crippen LogP contribution >= 0.6 is 0 Å². The molecule has 1 aromatic carbocycles. The van der Waals surface area contributed by atoms with Crippen LogP contribution in [0.2, 0.25) is 0 Å². The van der Waals surface area contributed by atoms with Crippen LogP contribution in [-0.2, 0) is 13.0 Å². The molecule has 106 valence electrons. The molecule has 1 aromatic heterocycles. The van der Waals surface area contributed by atoms with Crippen LogP contribution in [0.3, 0.4) is 0 Å². The fraction of sp³-hybridized carbons (Fsp3) is 0.286. The number of hydrogen-bond acceptors (Lipinski definition) is 4. The van der Waals surface area contributed by atoms with Crippen LogP contribution in [0.25, 0.3) is 0 Å². The van der Waals surface area contributed by atoms with Crippen LogP contribution in [0.4, 0.5) is 14.5 Å². The summed E-state index contributed by atoms with van der Waals surface area (Å²) >= 11 is 0. The van der Waals surface area contributed by atoms with E-state index in [0.717, 1.165) is 17.9 Å². The number of aryl methyl sites for hydroxylation is 1. The van der Waals surface area contributed by atoms with Gasteiger partial charge in [0.05, 0.1) is 6.54 Å². The summed E-state index contributed by atoms with van der Waals surface area (Å²) in [5, 5.41) is 3.08. The lowest BCUT2D eigenvalue weighted by atomic mass is 10.2. The Morgan fingerprint density at radius 3 is 2.55 bits per heavy atom. The number of halogens is 2. The summed E-state index contributed by atoms with van der Waals surface area (Å²) in [6.07, 6.45) is -2.75. The van der Waals surface area contributed by atoms with E-state index in [2.05, 4.69) is 14.8 Å². The molecular weight excluding hydrogens is 268 g/mol. The second-order valence-corrected chi connectivity index (χ2v) is 4.40. The first-order valence-electron chi connectivity index (χ1n) is 6.27. The van der Waals surface area contributed by atoms with E-state index in [1.807, 2.05) is 19.1 Å². The van der Waals surface area contributed by atoms with Crippen LogP contribution in [0, 0.1) is 0 Å². The van der Waals surface area contributed by atoms with Gasteiger partial charge < -0.3 is 19.2 Å². The molecule has 3 rings (SSSR count). The summed E-state index contributed by atoms with van der Waals surface area (Å²) in [5.41, 5.74) is 0.652. The lowest BCUT2D eigenvalue weighted by molar-refractivity contribution is -0.286. The lowest BCUT2D eigenvalue weighted by Gasteiger charge is -2.05. The van der Waals surface area contributed by atoms with E-state index in [-0.39, 0.29) is 11.5 Å². The van der Waals surface area contributed by atoms with Gasteiger partial charge in [0.25, 0.3) is 0 Å². The highest BCUT2D eigenvalue weighted by atomic mass is 19.3.